The lowest BCUT2D eigenvalue weighted by Crippen LogP contribution is -2.30. The molecule has 3 aromatic rings. The van der Waals surface area contributed by atoms with Crippen LogP contribution in [-0.4, -0.2) is 30.3 Å². The summed E-state index contributed by atoms with van der Waals surface area (Å²) in [5, 5.41) is 10.1. The first-order valence-electron chi connectivity index (χ1n) is 13.2. The highest BCUT2D eigenvalue weighted by Crippen LogP contribution is 2.46. The van der Waals surface area contributed by atoms with Crippen LogP contribution < -0.4 is 9.47 Å². The molecule has 2 aromatic carbocycles. The van der Waals surface area contributed by atoms with E-state index < -0.39 is 5.82 Å². The molecular weight excluding hydrogens is 485 g/mol. The van der Waals surface area contributed by atoms with E-state index in [9.17, 15) is 14.3 Å². The number of aliphatic hydroxyl groups excluding tert-OH is 1. The SMILES string of the molecule is COC(=O)[C@@H](C)[C@H](c1ccc2c(c1)OC(c1ccc(-c3cc(OC)ncc3F)c(CO)c1)CC2)C1CCC1. The van der Waals surface area contributed by atoms with Crippen LogP contribution in [0.1, 0.15) is 66.9 Å². The number of methoxy groups -OCH3 is 2. The van der Waals surface area contributed by atoms with Crippen LogP contribution in [-0.2, 0) is 22.6 Å². The largest absolute Gasteiger partial charge is 0.485 e. The molecule has 1 aliphatic carbocycles. The van der Waals surface area contributed by atoms with Gasteiger partial charge in [-0.25, -0.2) is 9.37 Å². The Balaban J connectivity index is 1.43. The summed E-state index contributed by atoms with van der Waals surface area (Å²) in [5.41, 5.74) is 4.71. The first-order valence-corrected chi connectivity index (χ1v) is 13.2. The topological polar surface area (TPSA) is 77.9 Å². The molecule has 0 spiro atoms. The van der Waals surface area contributed by atoms with E-state index in [0.29, 0.717) is 28.5 Å². The molecule has 5 rings (SSSR count). The van der Waals surface area contributed by atoms with Gasteiger partial charge in [-0.1, -0.05) is 37.6 Å². The first kappa shape index (κ1) is 26.2. The smallest absolute Gasteiger partial charge is 0.309 e. The van der Waals surface area contributed by atoms with Gasteiger partial charge in [-0.3, -0.25) is 4.79 Å². The molecule has 1 aromatic heterocycles. The molecule has 1 unspecified atom stereocenters. The average molecular weight is 520 g/mol. The van der Waals surface area contributed by atoms with Crippen molar-refractivity contribution in [2.24, 2.45) is 11.8 Å². The monoisotopic (exact) mass is 519 g/mol. The third kappa shape index (κ3) is 4.99. The number of carbonyl (C=O) groups is 1. The molecular formula is C31H34FNO5. The van der Waals surface area contributed by atoms with Crippen molar-refractivity contribution < 1.29 is 28.5 Å². The van der Waals surface area contributed by atoms with Crippen LogP contribution in [0.4, 0.5) is 4.39 Å². The number of hydrogen-bond acceptors (Lipinski definition) is 6. The zero-order chi connectivity index (χ0) is 26.8. The highest BCUT2D eigenvalue weighted by Gasteiger charge is 2.37. The standard InChI is InChI=1S/C31H34FNO5/c1-18(31(35)37-3)30(20-5-4-6-20)22-8-7-19-10-12-27(38-28(19)14-22)21-9-11-24(23(13-21)17-34)25-15-29(36-2)33-16-26(25)32/h7-9,11,13-16,18,20,27,30,34H,4-6,10,12,17H2,1-3H3/t18-,27?,30-/m0/s1. The summed E-state index contributed by atoms with van der Waals surface area (Å²) >= 11 is 0. The molecule has 1 saturated carbocycles. The fraction of sp³-hybridized carbons (Fsp3) is 0.419. The van der Waals surface area contributed by atoms with Crippen LogP contribution in [0, 0.1) is 17.7 Å². The summed E-state index contributed by atoms with van der Waals surface area (Å²) in [6.45, 7) is 1.71. The lowest BCUT2D eigenvalue weighted by Gasteiger charge is -2.37. The Morgan fingerprint density at radius 3 is 2.63 bits per heavy atom. The minimum Gasteiger partial charge on any atom is -0.485 e. The maximum atomic E-state index is 14.6. The molecule has 0 saturated heterocycles. The average Bonchev–Trinajstić information content (AvgIpc) is 2.93. The van der Waals surface area contributed by atoms with Gasteiger partial charge in [-0.05, 0) is 77.5 Å². The normalized spacial score (nSPS) is 18.5. The fourth-order valence-corrected chi connectivity index (χ4v) is 5.87. The van der Waals surface area contributed by atoms with E-state index in [1.165, 1.54) is 26.7 Å². The van der Waals surface area contributed by atoms with Crippen molar-refractivity contribution in [1.82, 2.24) is 4.98 Å². The van der Waals surface area contributed by atoms with Crippen molar-refractivity contribution in [2.75, 3.05) is 14.2 Å². The summed E-state index contributed by atoms with van der Waals surface area (Å²) in [6, 6.07) is 13.5. The van der Waals surface area contributed by atoms with Gasteiger partial charge in [0.1, 0.15) is 17.7 Å². The number of pyridine rings is 1. The number of carbonyl (C=O) groups excluding carboxylic acids is 1. The number of halogens is 1. The highest BCUT2D eigenvalue weighted by atomic mass is 19.1. The van der Waals surface area contributed by atoms with Gasteiger partial charge in [0.15, 0.2) is 0 Å². The molecule has 0 radical (unpaired) electrons. The van der Waals surface area contributed by atoms with Gasteiger partial charge < -0.3 is 19.3 Å². The van der Waals surface area contributed by atoms with Crippen molar-refractivity contribution >= 4 is 5.97 Å². The summed E-state index contributed by atoms with van der Waals surface area (Å²) in [6.07, 6.45) is 6.00. The molecule has 3 atom stereocenters. The highest BCUT2D eigenvalue weighted by molar-refractivity contribution is 5.73. The van der Waals surface area contributed by atoms with E-state index in [4.69, 9.17) is 14.2 Å². The summed E-state index contributed by atoms with van der Waals surface area (Å²) in [5.74, 6) is 0.809. The van der Waals surface area contributed by atoms with Crippen LogP contribution in [0.5, 0.6) is 11.6 Å². The van der Waals surface area contributed by atoms with E-state index in [-0.39, 0.29) is 30.5 Å². The van der Waals surface area contributed by atoms with Gasteiger partial charge in [0.2, 0.25) is 5.88 Å². The predicted octanol–water partition coefficient (Wildman–Crippen LogP) is 6.15. The number of aryl methyl sites for hydroxylation is 1. The van der Waals surface area contributed by atoms with Crippen molar-refractivity contribution in [1.29, 1.82) is 0 Å². The second-order valence-corrected chi connectivity index (χ2v) is 10.3. The molecule has 1 aliphatic heterocycles. The number of ether oxygens (including phenoxy) is 3. The van der Waals surface area contributed by atoms with Gasteiger partial charge in [-0.2, -0.15) is 0 Å². The molecule has 6 nitrogen and oxygen atoms in total. The Bertz CT molecular complexity index is 1320. The van der Waals surface area contributed by atoms with E-state index in [2.05, 4.69) is 23.2 Å². The number of rotatable bonds is 8. The molecule has 7 heteroatoms. The molecule has 2 aliphatic rings. The summed E-state index contributed by atoms with van der Waals surface area (Å²) in [4.78, 5) is 16.3. The number of nitrogens with zero attached hydrogens (tertiary/aromatic N) is 1. The second kappa shape index (κ2) is 11.1. The number of aromatic nitrogens is 1. The first-order chi connectivity index (χ1) is 18.4. The van der Waals surface area contributed by atoms with E-state index in [0.717, 1.165) is 54.3 Å². The van der Waals surface area contributed by atoms with Crippen molar-refractivity contribution in [3.63, 3.8) is 0 Å². The lowest BCUT2D eigenvalue weighted by atomic mass is 9.68. The maximum absolute atomic E-state index is 14.6. The minimum atomic E-state index is -0.481. The molecule has 1 N–H and O–H groups in total. The van der Waals surface area contributed by atoms with Crippen molar-refractivity contribution in [3.8, 4) is 22.8 Å². The maximum Gasteiger partial charge on any atom is 0.309 e. The van der Waals surface area contributed by atoms with Crippen LogP contribution in [0.25, 0.3) is 11.1 Å². The molecule has 38 heavy (non-hydrogen) atoms. The van der Waals surface area contributed by atoms with Gasteiger partial charge in [0, 0.05) is 11.6 Å². The van der Waals surface area contributed by atoms with E-state index in [1.54, 1.807) is 0 Å². The molecule has 2 heterocycles. The zero-order valence-electron chi connectivity index (χ0n) is 22.1. The van der Waals surface area contributed by atoms with Crippen LogP contribution in [0.3, 0.4) is 0 Å². The Morgan fingerprint density at radius 2 is 1.95 bits per heavy atom. The molecule has 0 amide bonds. The number of hydrogen-bond donors (Lipinski definition) is 1. The van der Waals surface area contributed by atoms with Crippen LogP contribution >= 0.6 is 0 Å². The summed E-state index contributed by atoms with van der Waals surface area (Å²) < 4.78 is 31.3. The second-order valence-electron chi connectivity index (χ2n) is 10.3. The quantitative estimate of drug-likeness (QED) is 0.360. The number of benzene rings is 2. The van der Waals surface area contributed by atoms with Gasteiger partial charge >= 0.3 is 5.97 Å². The van der Waals surface area contributed by atoms with Crippen molar-refractivity contribution in [2.45, 2.75) is 57.7 Å². The molecule has 200 valence electrons. The lowest BCUT2D eigenvalue weighted by molar-refractivity contribution is -0.146. The number of aliphatic hydroxyl groups is 1. The predicted molar refractivity (Wildman–Crippen MR) is 141 cm³/mol. The Morgan fingerprint density at radius 1 is 1.13 bits per heavy atom. The molecule has 1 fully saturated rings. The Labute approximate surface area is 222 Å². The van der Waals surface area contributed by atoms with E-state index >= 15 is 0 Å². The third-order valence-corrected chi connectivity index (χ3v) is 8.19. The summed E-state index contributed by atoms with van der Waals surface area (Å²) in [7, 11) is 2.93. The van der Waals surface area contributed by atoms with Crippen molar-refractivity contribution in [3.05, 3.63) is 76.7 Å². The van der Waals surface area contributed by atoms with E-state index in [1.807, 2.05) is 25.1 Å². The Kier molecular flexibility index (Phi) is 7.65. The number of fused-ring (bicyclic) bond motifs is 1. The Hall–Kier alpha value is -3.45. The van der Waals surface area contributed by atoms with Gasteiger partial charge in [-0.15, -0.1) is 0 Å². The van der Waals surface area contributed by atoms with Gasteiger partial charge in [0.25, 0.3) is 0 Å². The van der Waals surface area contributed by atoms with Crippen LogP contribution in [0.2, 0.25) is 0 Å². The number of esters is 1. The molecule has 0 bridgehead atoms. The van der Waals surface area contributed by atoms with Gasteiger partial charge in [0.05, 0.1) is 32.9 Å². The zero-order valence-corrected chi connectivity index (χ0v) is 22.1. The third-order valence-electron chi connectivity index (χ3n) is 8.19. The minimum absolute atomic E-state index is 0.0954. The fourth-order valence-electron chi connectivity index (χ4n) is 5.87. The van der Waals surface area contributed by atoms with Crippen LogP contribution in [0.15, 0.2) is 48.7 Å².